The minimum absolute atomic E-state index is 0.204. The van der Waals surface area contributed by atoms with Crippen molar-refractivity contribution in [1.82, 2.24) is 10.3 Å². The summed E-state index contributed by atoms with van der Waals surface area (Å²) in [4.78, 5) is 19.0. The Morgan fingerprint density at radius 3 is 2.18 bits per heavy atom. The third kappa shape index (κ3) is 4.64. The van der Waals surface area contributed by atoms with Crippen LogP contribution in [0.1, 0.15) is 10.4 Å². The van der Waals surface area contributed by atoms with Crippen molar-refractivity contribution in [1.29, 1.82) is 0 Å². The highest BCUT2D eigenvalue weighted by Gasteiger charge is 2.18. The molecule has 0 atom stereocenters. The van der Waals surface area contributed by atoms with E-state index in [0.29, 0.717) is 47.5 Å². The van der Waals surface area contributed by atoms with E-state index in [1.807, 2.05) is 26.2 Å². The van der Waals surface area contributed by atoms with Crippen molar-refractivity contribution in [3.8, 4) is 28.5 Å². The van der Waals surface area contributed by atoms with Crippen LogP contribution in [0.2, 0.25) is 0 Å². The number of anilines is 1. The fraction of sp³-hybridized carbons (Fsp3) is 0.400. The summed E-state index contributed by atoms with van der Waals surface area (Å²) in [5, 5.41) is 2.82. The highest BCUT2D eigenvalue weighted by atomic mass is 16.5. The number of nitrogens with one attached hydrogen (secondary N) is 1. The van der Waals surface area contributed by atoms with Crippen molar-refractivity contribution >= 4 is 11.7 Å². The van der Waals surface area contributed by atoms with Gasteiger partial charge in [-0.15, -0.1) is 0 Å². The van der Waals surface area contributed by atoms with Crippen LogP contribution in [0, 0.1) is 0 Å². The molecule has 0 radical (unpaired) electrons. The van der Waals surface area contributed by atoms with Gasteiger partial charge in [0.05, 0.1) is 39.2 Å². The average Bonchev–Trinajstić information content (AvgIpc) is 2.72. The van der Waals surface area contributed by atoms with Crippen LogP contribution in [0.4, 0.5) is 5.82 Å². The van der Waals surface area contributed by atoms with Gasteiger partial charge in [-0.2, -0.15) is 0 Å². The number of hydrogen-bond acceptors (Lipinski definition) is 7. The summed E-state index contributed by atoms with van der Waals surface area (Å²) in [6.45, 7) is 0.872. The van der Waals surface area contributed by atoms with E-state index in [4.69, 9.17) is 18.9 Å². The Bertz CT molecular complexity index is 798. The number of hydrogen-bond donors (Lipinski definition) is 1. The molecule has 0 aliphatic rings. The lowest BCUT2D eigenvalue weighted by atomic mass is 10.1. The molecular formula is C20H27N3O5. The lowest BCUT2D eigenvalue weighted by Gasteiger charge is -2.18. The zero-order valence-electron chi connectivity index (χ0n) is 17.2. The number of ether oxygens (including phenoxy) is 4. The molecule has 2 aromatic rings. The van der Waals surface area contributed by atoms with Gasteiger partial charge in [-0.1, -0.05) is 0 Å². The molecule has 1 heterocycles. The molecule has 0 unspecified atom stereocenters. The van der Waals surface area contributed by atoms with Gasteiger partial charge >= 0.3 is 0 Å². The topological polar surface area (TPSA) is 82.2 Å². The van der Waals surface area contributed by atoms with Gasteiger partial charge in [0.15, 0.2) is 11.5 Å². The number of amides is 1. The third-order valence-corrected chi connectivity index (χ3v) is 4.10. The molecule has 0 saturated heterocycles. The lowest BCUT2D eigenvalue weighted by molar-refractivity contribution is 0.0937. The molecule has 0 bridgehead atoms. The Balaban J connectivity index is 2.47. The average molecular weight is 389 g/mol. The van der Waals surface area contributed by atoms with Gasteiger partial charge in [-0.3, -0.25) is 4.79 Å². The maximum atomic E-state index is 12.5. The van der Waals surface area contributed by atoms with E-state index in [1.165, 1.54) is 0 Å². The van der Waals surface area contributed by atoms with Crippen molar-refractivity contribution in [3.63, 3.8) is 0 Å². The predicted octanol–water partition coefficient (Wildman–Crippen LogP) is 2.22. The Labute approximate surface area is 165 Å². The molecule has 0 aliphatic carbocycles. The number of methoxy groups -OCH3 is 4. The van der Waals surface area contributed by atoms with Crippen LogP contribution in [-0.2, 0) is 4.74 Å². The maximum Gasteiger partial charge on any atom is 0.255 e. The van der Waals surface area contributed by atoms with Crippen molar-refractivity contribution in [3.05, 3.63) is 29.8 Å². The number of benzene rings is 1. The molecule has 1 aromatic heterocycles. The van der Waals surface area contributed by atoms with Gasteiger partial charge in [-0.25, -0.2) is 4.98 Å². The molecule has 0 saturated carbocycles. The van der Waals surface area contributed by atoms with Crippen LogP contribution in [0.3, 0.4) is 0 Å². The largest absolute Gasteiger partial charge is 0.493 e. The Hall–Kier alpha value is -3.00. The van der Waals surface area contributed by atoms with E-state index in [1.54, 1.807) is 45.5 Å². The second-order valence-electron chi connectivity index (χ2n) is 6.12. The predicted molar refractivity (Wildman–Crippen MR) is 108 cm³/mol. The molecule has 1 amide bonds. The molecule has 2 rings (SSSR count). The van der Waals surface area contributed by atoms with Crippen LogP contribution >= 0.6 is 0 Å². The van der Waals surface area contributed by atoms with E-state index in [0.717, 1.165) is 5.56 Å². The second-order valence-corrected chi connectivity index (χ2v) is 6.12. The van der Waals surface area contributed by atoms with Gasteiger partial charge in [0.25, 0.3) is 5.91 Å². The molecule has 0 fully saturated rings. The number of carbonyl (C=O) groups is 1. The van der Waals surface area contributed by atoms with E-state index in [-0.39, 0.29) is 5.91 Å². The molecule has 8 heteroatoms. The molecule has 152 valence electrons. The van der Waals surface area contributed by atoms with Crippen LogP contribution in [0.25, 0.3) is 11.3 Å². The molecule has 1 aromatic carbocycles. The smallest absolute Gasteiger partial charge is 0.255 e. The summed E-state index contributed by atoms with van der Waals surface area (Å²) < 4.78 is 21.2. The first-order chi connectivity index (χ1) is 13.5. The van der Waals surface area contributed by atoms with Crippen LogP contribution in [0.15, 0.2) is 24.3 Å². The maximum absolute atomic E-state index is 12.5. The van der Waals surface area contributed by atoms with E-state index < -0.39 is 0 Å². The second kappa shape index (κ2) is 9.80. The first-order valence-electron chi connectivity index (χ1n) is 8.72. The van der Waals surface area contributed by atoms with Gasteiger partial charge in [0.1, 0.15) is 5.82 Å². The fourth-order valence-electron chi connectivity index (χ4n) is 2.72. The molecule has 0 spiro atoms. The molecule has 8 nitrogen and oxygen atoms in total. The molecule has 0 aliphatic heterocycles. The minimum Gasteiger partial charge on any atom is -0.493 e. The third-order valence-electron chi connectivity index (χ3n) is 4.10. The van der Waals surface area contributed by atoms with E-state index in [9.17, 15) is 4.79 Å². The van der Waals surface area contributed by atoms with Crippen molar-refractivity contribution in [2.24, 2.45) is 0 Å². The summed E-state index contributed by atoms with van der Waals surface area (Å²) in [6.07, 6.45) is 0. The highest BCUT2D eigenvalue weighted by molar-refractivity contribution is 5.99. The standard InChI is InChI=1S/C20H27N3O5/c1-23(2)19-14(20(24)21-9-10-25-3)7-8-15(22-19)13-11-16(26-4)18(28-6)17(12-13)27-5/h7-8,11-12H,9-10H2,1-6H3,(H,21,24). The van der Waals surface area contributed by atoms with Crippen molar-refractivity contribution in [2.45, 2.75) is 0 Å². The number of aromatic nitrogens is 1. The molecular weight excluding hydrogens is 362 g/mol. The van der Waals surface area contributed by atoms with Gasteiger partial charge < -0.3 is 29.2 Å². The quantitative estimate of drug-likeness (QED) is 0.659. The summed E-state index contributed by atoms with van der Waals surface area (Å²) >= 11 is 0. The molecule has 1 N–H and O–H groups in total. The van der Waals surface area contributed by atoms with Crippen LogP contribution in [-0.4, -0.2) is 66.6 Å². The van der Waals surface area contributed by atoms with Crippen LogP contribution in [0.5, 0.6) is 17.2 Å². The first kappa shape index (κ1) is 21.3. The van der Waals surface area contributed by atoms with E-state index in [2.05, 4.69) is 10.3 Å². The zero-order chi connectivity index (χ0) is 20.7. The van der Waals surface area contributed by atoms with Crippen molar-refractivity contribution in [2.75, 3.05) is 60.6 Å². The summed E-state index contributed by atoms with van der Waals surface area (Å²) in [7, 11) is 9.95. The summed E-state index contributed by atoms with van der Waals surface area (Å²) in [5.74, 6) is 1.93. The number of pyridine rings is 1. The lowest BCUT2D eigenvalue weighted by Crippen LogP contribution is -2.29. The van der Waals surface area contributed by atoms with Gasteiger partial charge in [0, 0.05) is 33.3 Å². The number of rotatable bonds is 9. The summed E-state index contributed by atoms with van der Waals surface area (Å²) in [6, 6.07) is 7.19. The SMILES string of the molecule is COCCNC(=O)c1ccc(-c2cc(OC)c(OC)c(OC)c2)nc1N(C)C. The monoisotopic (exact) mass is 389 g/mol. The Morgan fingerprint density at radius 2 is 1.68 bits per heavy atom. The van der Waals surface area contributed by atoms with Gasteiger partial charge in [-0.05, 0) is 24.3 Å². The Morgan fingerprint density at radius 1 is 1.04 bits per heavy atom. The minimum atomic E-state index is -0.204. The summed E-state index contributed by atoms with van der Waals surface area (Å²) in [5.41, 5.74) is 1.94. The Kier molecular flexibility index (Phi) is 7.45. The molecule has 28 heavy (non-hydrogen) atoms. The number of carbonyl (C=O) groups excluding carboxylic acids is 1. The fourth-order valence-corrected chi connectivity index (χ4v) is 2.72. The highest BCUT2D eigenvalue weighted by Crippen LogP contribution is 2.41. The van der Waals surface area contributed by atoms with Gasteiger partial charge in [0.2, 0.25) is 5.75 Å². The number of nitrogens with zero attached hydrogens (tertiary/aromatic N) is 2. The van der Waals surface area contributed by atoms with E-state index >= 15 is 0 Å². The van der Waals surface area contributed by atoms with Crippen molar-refractivity contribution < 1.29 is 23.7 Å². The van der Waals surface area contributed by atoms with Crippen LogP contribution < -0.4 is 24.4 Å². The first-order valence-corrected chi connectivity index (χ1v) is 8.72. The zero-order valence-corrected chi connectivity index (χ0v) is 17.2. The normalized spacial score (nSPS) is 10.4.